The summed E-state index contributed by atoms with van der Waals surface area (Å²) in [5.74, 6) is 0.919. The van der Waals surface area contributed by atoms with Gasteiger partial charge in [0, 0.05) is 11.1 Å². The zero-order chi connectivity index (χ0) is 13.2. The van der Waals surface area contributed by atoms with E-state index in [4.69, 9.17) is 0 Å². The average Bonchev–Trinajstić information content (AvgIpc) is 2.42. The number of aromatic nitrogens is 1. The molecule has 1 heterocycles. The summed E-state index contributed by atoms with van der Waals surface area (Å²) < 4.78 is 0. The van der Waals surface area contributed by atoms with Crippen LogP contribution in [0.3, 0.4) is 0 Å². The molecule has 0 aliphatic heterocycles. The Morgan fingerprint density at radius 1 is 0.895 bits per heavy atom. The highest BCUT2D eigenvalue weighted by Gasteiger charge is 2.03. The van der Waals surface area contributed by atoms with Gasteiger partial charge in [-0.05, 0) is 43.7 Å². The van der Waals surface area contributed by atoms with Crippen LogP contribution in [-0.2, 0) is 0 Å². The van der Waals surface area contributed by atoms with Gasteiger partial charge in [-0.3, -0.25) is 0 Å². The van der Waals surface area contributed by atoms with E-state index in [1.54, 1.807) is 0 Å². The van der Waals surface area contributed by atoms with Crippen LogP contribution in [0.1, 0.15) is 11.1 Å². The van der Waals surface area contributed by atoms with Crippen LogP contribution in [0.4, 0.5) is 11.5 Å². The van der Waals surface area contributed by atoms with Gasteiger partial charge in [0.15, 0.2) is 0 Å². The first-order valence-corrected chi connectivity index (χ1v) is 6.42. The fraction of sp³-hybridized carbons (Fsp3) is 0.118. The number of aryl methyl sites for hydroxylation is 2. The Bertz CT molecular complexity index is 715. The summed E-state index contributed by atoms with van der Waals surface area (Å²) in [7, 11) is 0. The maximum Gasteiger partial charge on any atom is 0.134 e. The molecule has 2 heteroatoms. The molecule has 0 bridgehead atoms. The van der Waals surface area contributed by atoms with Crippen LogP contribution in [0.15, 0.2) is 54.6 Å². The second kappa shape index (κ2) is 4.73. The van der Waals surface area contributed by atoms with E-state index in [2.05, 4.69) is 60.5 Å². The summed E-state index contributed by atoms with van der Waals surface area (Å²) >= 11 is 0. The third-order valence-electron chi connectivity index (χ3n) is 3.23. The van der Waals surface area contributed by atoms with Crippen molar-refractivity contribution in [2.75, 3.05) is 5.32 Å². The van der Waals surface area contributed by atoms with E-state index < -0.39 is 0 Å². The van der Waals surface area contributed by atoms with Crippen LogP contribution in [0.2, 0.25) is 0 Å². The summed E-state index contributed by atoms with van der Waals surface area (Å²) in [4.78, 5) is 4.68. The Balaban J connectivity index is 2.00. The Morgan fingerprint density at radius 3 is 2.42 bits per heavy atom. The molecule has 0 saturated heterocycles. The lowest BCUT2D eigenvalue weighted by Crippen LogP contribution is -1.97. The summed E-state index contributed by atoms with van der Waals surface area (Å²) in [6.07, 6.45) is 0. The van der Waals surface area contributed by atoms with Crippen molar-refractivity contribution in [2.24, 2.45) is 0 Å². The number of anilines is 2. The van der Waals surface area contributed by atoms with E-state index in [9.17, 15) is 0 Å². The van der Waals surface area contributed by atoms with Gasteiger partial charge in [-0.15, -0.1) is 0 Å². The Labute approximate surface area is 113 Å². The number of nitrogens with one attached hydrogen (secondary N) is 1. The average molecular weight is 248 g/mol. The fourth-order valence-electron chi connectivity index (χ4n) is 2.12. The summed E-state index contributed by atoms with van der Waals surface area (Å²) in [5, 5.41) is 4.56. The molecule has 0 aliphatic carbocycles. The third kappa shape index (κ3) is 2.43. The van der Waals surface area contributed by atoms with E-state index in [-0.39, 0.29) is 0 Å². The summed E-state index contributed by atoms with van der Waals surface area (Å²) in [6.45, 7) is 4.17. The van der Waals surface area contributed by atoms with E-state index in [1.165, 1.54) is 10.9 Å². The van der Waals surface area contributed by atoms with Crippen LogP contribution in [0, 0.1) is 13.8 Å². The van der Waals surface area contributed by atoms with Crippen molar-refractivity contribution in [3.63, 3.8) is 0 Å². The fourth-order valence-corrected chi connectivity index (χ4v) is 2.12. The normalized spacial score (nSPS) is 10.6. The molecule has 1 N–H and O–H groups in total. The number of para-hydroxylation sites is 1. The van der Waals surface area contributed by atoms with Gasteiger partial charge in [0.25, 0.3) is 0 Å². The second-order valence-electron chi connectivity index (χ2n) is 4.84. The topological polar surface area (TPSA) is 24.9 Å². The van der Waals surface area contributed by atoms with Crippen LogP contribution in [-0.4, -0.2) is 4.98 Å². The molecule has 0 spiro atoms. The highest BCUT2D eigenvalue weighted by atomic mass is 15.0. The largest absolute Gasteiger partial charge is 0.340 e. The van der Waals surface area contributed by atoms with E-state index in [0.29, 0.717) is 0 Å². The maximum absolute atomic E-state index is 4.68. The highest BCUT2D eigenvalue weighted by molar-refractivity contribution is 5.82. The van der Waals surface area contributed by atoms with Crippen LogP contribution in [0.5, 0.6) is 0 Å². The molecule has 0 amide bonds. The molecular formula is C17H16N2. The molecule has 0 atom stereocenters. The first kappa shape index (κ1) is 11.7. The van der Waals surface area contributed by atoms with Crippen LogP contribution in [0.25, 0.3) is 10.9 Å². The van der Waals surface area contributed by atoms with Gasteiger partial charge in [-0.1, -0.05) is 35.9 Å². The molecule has 1 aromatic heterocycles. The highest BCUT2D eigenvalue weighted by Crippen LogP contribution is 2.23. The van der Waals surface area contributed by atoms with Crippen molar-refractivity contribution in [2.45, 2.75) is 13.8 Å². The van der Waals surface area contributed by atoms with Crippen LogP contribution >= 0.6 is 0 Å². The van der Waals surface area contributed by atoms with Crippen molar-refractivity contribution < 1.29 is 0 Å². The van der Waals surface area contributed by atoms with Crippen molar-refractivity contribution in [1.82, 2.24) is 4.98 Å². The maximum atomic E-state index is 4.68. The van der Waals surface area contributed by atoms with Crippen molar-refractivity contribution in [3.05, 3.63) is 65.7 Å². The number of benzene rings is 2. The lowest BCUT2D eigenvalue weighted by Gasteiger charge is -2.10. The molecule has 94 valence electrons. The number of hydrogen-bond donors (Lipinski definition) is 1. The molecule has 0 radical (unpaired) electrons. The minimum Gasteiger partial charge on any atom is -0.340 e. The molecule has 0 aliphatic rings. The molecule has 0 unspecified atom stereocenters. The minimum absolute atomic E-state index is 0.919. The molecule has 2 aromatic carbocycles. The second-order valence-corrected chi connectivity index (χ2v) is 4.84. The van der Waals surface area contributed by atoms with Crippen molar-refractivity contribution in [3.8, 4) is 0 Å². The smallest absolute Gasteiger partial charge is 0.134 e. The lowest BCUT2D eigenvalue weighted by molar-refractivity contribution is 1.31. The molecule has 2 nitrogen and oxygen atoms in total. The van der Waals surface area contributed by atoms with Crippen molar-refractivity contribution in [1.29, 1.82) is 0 Å². The number of fused-ring (bicyclic) bond motifs is 1. The Hall–Kier alpha value is -2.35. The van der Waals surface area contributed by atoms with Gasteiger partial charge >= 0.3 is 0 Å². The van der Waals surface area contributed by atoms with Gasteiger partial charge in [0.2, 0.25) is 0 Å². The number of hydrogen-bond acceptors (Lipinski definition) is 2. The predicted molar refractivity (Wildman–Crippen MR) is 80.9 cm³/mol. The number of rotatable bonds is 2. The van der Waals surface area contributed by atoms with Crippen molar-refractivity contribution >= 4 is 22.4 Å². The summed E-state index contributed by atoms with van der Waals surface area (Å²) in [5.41, 5.74) is 4.49. The Morgan fingerprint density at radius 2 is 1.63 bits per heavy atom. The molecular weight excluding hydrogens is 232 g/mol. The van der Waals surface area contributed by atoms with Gasteiger partial charge in [0.1, 0.15) is 5.82 Å². The first-order valence-electron chi connectivity index (χ1n) is 6.42. The van der Waals surface area contributed by atoms with E-state index in [1.807, 2.05) is 18.2 Å². The van der Waals surface area contributed by atoms with Gasteiger partial charge in [-0.25, -0.2) is 4.98 Å². The first-order chi connectivity index (χ1) is 9.22. The van der Waals surface area contributed by atoms with E-state index in [0.717, 1.165) is 22.6 Å². The molecule has 19 heavy (non-hydrogen) atoms. The standard InChI is InChI=1S/C17H16N2/c1-12-7-9-15(10-8-12)18-17-13(2)11-14-5-3-4-6-16(14)19-17/h3-11H,1-2H3,(H,18,19). The molecule has 0 saturated carbocycles. The van der Waals surface area contributed by atoms with Gasteiger partial charge in [0.05, 0.1) is 5.52 Å². The summed E-state index contributed by atoms with van der Waals surface area (Å²) in [6, 6.07) is 18.7. The lowest BCUT2D eigenvalue weighted by atomic mass is 10.1. The zero-order valence-electron chi connectivity index (χ0n) is 11.1. The predicted octanol–water partition coefficient (Wildman–Crippen LogP) is 4.60. The van der Waals surface area contributed by atoms with Gasteiger partial charge < -0.3 is 5.32 Å². The van der Waals surface area contributed by atoms with Gasteiger partial charge in [-0.2, -0.15) is 0 Å². The number of nitrogens with zero attached hydrogens (tertiary/aromatic N) is 1. The SMILES string of the molecule is Cc1ccc(Nc2nc3ccccc3cc2C)cc1. The third-order valence-corrected chi connectivity index (χ3v) is 3.23. The minimum atomic E-state index is 0.919. The zero-order valence-corrected chi connectivity index (χ0v) is 11.1. The molecule has 0 fully saturated rings. The molecule has 3 rings (SSSR count). The monoisotopic (exact) mass is 248 g/mol. The quantitative estimate of drug-likeness (QED) is 0.717. The molecule has 3 aromatic rings. The van der Waals surface area contributed by atoms with Crippen LogP contribution < -0.4 is 5.32 Å². The Kier molecular flexibility index (Phi) is 2.92. The number of pyridine rings is 1. The van der Waals surface area contributed by atoms with E-state index >= 15 is 0 Å².